The highest BCUT2D eigenvalue weighted by molar-refractivity contribution is 5.65. The van der Waals surface area contributed by atoms with Gasteiger partial charge in [0, 0.05) is 33.9 Å². The average molecular weight is 758 g/mol. The van der Waals surface area contributed by atoms with Crippen molar-refractivity contribution in [3.63, 3.8) is 0 Å². The fourth-order valence-corrected chi connectivity index (χ4v) is 5.68. The van der Waals surface area contributed by atoms with Crippen LogP contribution < -0.4 is 34.4 Å². The number of hydrogen-bond acceptors (Lipinski definition) is 8. The predicted molar refractivity (Wildman–Crippen MR) is 189 cm³/mol. The molecule has 0 aliphatic carbocycles. The minimum absolute atomic E-state index is 0. The summed E-state index contributed by atoms with van der Waals surface area (Å²) in [6, 6.07) is 46.9. The zero-order chi connectivity index (χ0) is 35.6. The molecule has 14 nitrogen and oxygen atoms in total. The van der Waals surface area contributed by atoms with E-state index in [0.717, 1.165) is 22.3 Å². The summed E-state index contributed by atoms with van der Waals surface area (Å²) in [6.07, 6.45) is 0. The molecule has 0 saturated heterocycles. The molecule has 266 valence electrons. The Kier molecular flexibility index (Phi) is 10.6. The number of aromatic nitrogens is 8. The number of benzene rings is 6. The second-order valence-electron chi connectivity index (χ2n) is 11.6. The SMILES string of the molecule is O=[N+]([O-])c1cccc(-n2nc(-c3ccccc3)n[n+]2-c2ccc(-c3ccc(-[n+]4nc(-c5ccccc5)nn4-c4cccc([N+](=O)[O-])c4)cc3)cc2)c1.[Cl-].[Cl-]. The molecule has 0 unspecified atom stereocenters. The molecule has 8 rings (SSSR count). The molecule has 2 heterocycles. The highest BCUT2D eigenvalue weighted by Gasteiger charge is 2.26. The van der Waals surface area contributed by atoms with Crippen LogP contribution in [0.4, 0.5) is 11.4 Å². The van der Waals surface area contributed by atoms with E-state index in [9.17, 15) is 20.2 Å². The average Bonchev–Trinajstić information content (AvgIpc) is 3.85. The number of tetrazole rings is 2. The third-order valence-corrected chi connectivity index (χ3v) is 8.25. The Morgan fingerprint density at radius 3 is 1.17 bits per heavy atom. The largest absolute Gasteiger partial charge is 1.00 e. The number of nitro groups is 2. The summed E-state index contributed by atoms with van der Waals surface area (Å²) in [5, 5.41) is 42.0. The lowest BCUT2D eigenvalue weighted by Crippen LogP contribution is -3.00. The highest BCUT2D eigenvalue weighted by Crippen LogP contribution is 2.23. The van der Waals surface area contributed by atoms with Crippen LogP contribution in [-0.2, 0) is 0 Å². The van der Waals surface area contributed by atoms with E-state index in [1.54, 1.807) is 33.9 Å². The van der Waals surface area contributed by atoms with Crippen LogP contribution >= 0.6 is 0 Å². The minimum atomic E-state index is -0.443. The van der Waals surface area contributed by atoms with Gasteiger partial charge in [-0.05, 0) is 116 Å². The lowest BCUT2D eigenvalue weighted by molar-refractivity contribution is -0.734. The quantitative estimate of drug-likeness (QED) is 0.115. The van der Waals surface area contributed by atoms with Gasteiger partial charge >= 0.3 is 11.6 Å². The smallest absolute Gasteiger partial charge is 0.340 e. The molecule has 0 radical (unpaired) electrons. The van der Waals surface area contributed by atoms with Gasteiger partial charge in [-0.2, -0.15) is 0 Å². The van der Waals surface area contributed by atoms with Gasteiger partial charge in [0.15, 0.2) is 11.4 Å². The van der Waals surface area contributed by atoms with E-state index in [4.69, 9.17) is 20.4 Å². The summed E-state index contributed by atoms with van der Waals surface area (Å²) in [5.74, 6) is 0.912. The van der Waals surface area contributed by atoms with Gasteiger partial charge in [-0.15, -0.1) is 0 Å². The van der Waals surface area contributed by atoms with Crippen molar-refractivity contribution in [3.05, 3.63) is 178 Å². The van der Waals surface area contributed by atoms with Crippen molar-refractivity contribution in [3.8, 4) is 56.7 Å². The molecule has 16 heteroatoms. The lowest BCUT2D eigenvalue weighted by Gasteiger charge is -2.05. The third kappa shape index (κ3) is 7.27. The molecule has 0 spiro atoms. The fourth-order valence-electron chi connectivity index (χ4n) is 5.68. The van der Waals surface area contributed by atoms with E-state index in [1.165, 1.54) is 33.9 Å². The maximum atomic E-state index is 11.5. The molecule has 8 aromatic rings. The molecular weight excluding hydrogens is 731 g/mol. The van der Waals surface area contributed by atoms with Crippen molar-refractivity contribution >= 4 is 11.4 Å². The summed E-state index contributed by atoms with van der Waals surface area (Å²) < 4.78 is 0. The third-order valence-electron chi connectivity index (χ3n) is 8.25. The van der Waals surface area contributed by atoms with Crippen LogP contribution in [0, 0.1) is 20.2 Å². The Bertz CT molecular complexity index is 2400. The van der Waals surface area contributed by atoms with E-state index in [0.29, 0.717) is 34.4 Å². The molecule has 0 amide bonds. The summed E-state index contributed by atoms with van der Waals surface area (Å²) in [7, 11) is 0. The number of rotatable bonds is 9. The first-order valence-electron chi connectivity index (χ1n) is 16.0. The summed E-state index contributed by atoms with van der Waals surface area (Å²) in [5.41, 5.74) is 5.68. The van der Waals surface area contributed by atoms with Crippen LogP contribution in [0.15, 0.2) is 158 Å². The molecule has 0 aliphatic rings. The standard InChI is InChI=1S/C38H26N10O4.2ClH/c49-47(50)35-15-7-13-33(25-35)45-41-37(29-9-3-1-4-10-29)39-43(45)31-21-17-27(18-22-31)28-19-23-32(24-20-28)44-40-38(30-11-5-2-6-12-30)42-46(44)34-14-8-16-36(26-34)48(51)52;;/h1-26H;2*1H/q+2;;/p-2. The van der Waals surface area contributed by atoms with Gasteiger partial charge in [-0.1, -0.05) is 48.5 Å². The second-order valence-corrected chi connectivity index (χ2v) is 11.6. The Morgan fingerprint density at radius 2 is 0.815 bits per heavy atom. The van der Waals surface area contributed by atoms with E-state index in [-0.39, 0.29) is 36.2 Å². The summed E-state index contributed by atoms with van der Waals surface area (Å²) in [4.78, 5) is 28.5. The van der Waals surface area contributed by atoms with Crippen LogP contribution in [0.25, 0.3) is 56.7 Å². The minimum Gasteiger partial charge on any atom is -1.00 e. The van der Waals surface area contributed by atoms with Crippen molar-refractivity contribution < 1.29 is 44.3 Å². The number of non-ortho nitro benzene ring substituents is 2. The maximum absolute atomic E-state index is 11.5. The van der Waals surface area contributed by atoms with Crippen LogP contribution in [-0.4, -0.2) is 39.8 Å². The van der Waals surface area contributed by atoms with E-state index >= 15 is 0 Å². The molecule has 54 heavy (non-hydrogen) atoms. The fraction of sp³-hybridized carbons (Fsp3) is 0. The second kappa shape index (κ2) is 15.6. The van der Waals surface area contributed by atoms with Crippen LogP contribution in [0.3, 0.4) is 0 Å². The lowest BCUT2D eigenvalue weighted by atomic mass is 10.1. The van der Waals surface area contributed by atoms with Crippen LogP contribution in [0.1, 0.15) is 0 Å². The van der Waals surface area contributed by atoms with Crippen molar-refractivity contribution in [2.24, 2.45) is 0 Å². The zero-order valence-electron chi connectivity index (χ0n) is 27.9. The molecule has 2 aromatic heterocycles. The van der Waals surface area contributed by atoms with Gasteiger partial charge in [0.2, 0.25) is 0 Å². The van der Waals surface area contributed by atoms with Gasteiger partial charge in [0.1, 0.15) is 11.4 Å². The van der Waals surface area contributed by atoms with Gasteiger partial charge in [-0.25, -0.2) is 0 Å². The first-order valence-corrected chi connectivity index (χ1v) is 16.0. The molecule has 0 saturated carbocycles. The molecule has 6 aromatic carbocycles. The molecule has 0 bridgehead atoms. The van der Waals surface area contributed by atoms with Crippen molar-refractivity contribution in [1.29, 1.82) is 0 Å². The van der Waals surface area contributed by atoms with Gasteiger partial charge in [-0.3, -0.25) is 20.2 Å². The van der Waals surface area contributed by atoms with Gasteiger partial charge < -0.3 is 24.8 Å². The Hall–Kier alpha value is -7.16. The molecule has 0 aliphatic heterocycles. The van der Waals surface area contributed by atoms with Gasteiger partial charge in [0.05, 0.1) is 31.2 Å². The molecule has 0 atom stereocenters. The Morgan fingerprint density at radius 1 is 0.444 bits per heavy atom. The molecule has 0 N–H and O–H groups in total. The molecule has 0 fully saturated rings. The number of halogens is 2. The van der Waals surface area contributed by atoms with E-state index in [1.807, 2.05) is 109 Å². The zero-order valence-corrected chi connectivity index (χ0v) is 29.4. The Balaban J connectivity index is 0.00000249. The van der Waals surface area contributed by atoms with Crippen molar-refractivity contribution in [2.75, 3.05) is 0 Å². The monoisotopic (exact) mass is 756 g/mol. The van der Waals surface area contributed by atoms with Crippen LogP contribution in [0.5, 0.6) is 0 Å². The first kappa shape index (κ1) is 36.6. The summed E-state index contributed by atoms with van der Waals surface area (Å²) >= 11 is 0. The number of hydrogen-bond donors (Lipinski definition) is 0. The highest BCUT2D eigenvalue weighted by atomic mass is 35.5. The van der Waals surface area contributed by atoms with Crippen molar-refractivity contribution in [2.45, 2.75) is 0 Å². The Labute approximate surface area is 319 Å². The first-order chi connectivity index (χ1) is 25.4. The van der Waals surface area contributed by atoms with E-state index < -0.39 is 9.85 Å². The number of nitrogens with zero attached hydrogens (tertiary/aromatic N) is 10. The van der Waals surface area contributed by atoms with Crippen LogP contribution in [0.2, 0.25) is 0 Å². The normalized spacial score (nSPS) is 10.6. The topological polar surface area (TPSA) is 155 Å². The van der Waals surface area contributed by atoms with Crippen molar-refractivity contribution in [1.82, 2.24) is 30.0 Å². The molecular formula is C38H26Cl2N10O4. The summed E-state index contributed by atoms with van der Waals surface area (Å²) in [6.45, 7) is 0. The van der Waals surface area contributed by atoms with E-state index in [2.05, 4.69) is 0 Å². The maximum Gasteiger partial charge on any atom is 0.340 e. The van der Waals surface area contributed by atoms with Gasteiger partial charge in [0.25, 0.3) is 11.4 Å². The number of nitro benzene ring substituents is 2. The predicted octanol–water partition coefficient (Wildman–Crippen LogP) is 0.227.